The summed E-state index contributed by atoms with van der Waals surface area (Å²) in [6.45, 7) is 21.6. The molecule has 2 heterocycles. The summed E-state index contributed by atoms with van der Waals surface area (Å²) in [6, 6.07) is -0.810. The standard InChI is InChI=1S/C21H41FN2O5SSi2/c1-20(2,3)31(8,9)27-12-13-16(29-32(10,11)21(4,5)6)14(22)15-17(28-13)30-18(23-15)24(7)19(25)26/h13-17H,12H2,1-11H3,(H,25,26)/t13-,14-,15-,16-,17-/m1/s1. The van der Waals surface area contributed by atoms with Gasteiger partial charge in [0.15, 0.2) is 28.0 Å². The summed E-state index contributed by atoms with van der Waals surface area (Å²) in [5.41, 5.74) is -0.603. The van der Waals surface area contributed by atoms with E-state index in [0.717, 1.165) is 16.7 Å². The van der Waals surface area contributed by atoms with E-state index in [2.05, 4.69) is 72.7 Å². The zero-order valence-electron chi connectivity index (χ0n) is 21.4. The van der Waals surface area contributed by atoms with E-state index in [1.807, 2.05) is 0 Å². The molecule has 0 aromatic rings. The summed E-state index contributed by atoms with van der Waals surface area (Å²) in [5, 5.41) is 9.45. The lowest BCUT2D eigenvalue weighted by Crippen LogP contribution is -2.60. The Kier molecular flexibility index (Phi) is 8.07. The number of amidine groups is 1. The van der Waals surface area contributed by atoms with Gasteiger partial charge in [0, 0.05) is 7.05 Å². The van der Waals surface area contributed by atoms with Crippen LogP contribution < -0.4 is 0 Å². The summed E-state index contributed by atoms with van der Waals surface area (Å²) >= 11 is 1.15. The molecule has 1 saturated heterocycles. The molecule has 0 unspecified atom stereocenters. The first-order valence-electron chi connectivity index (χ1n) is 11.1. The first kappa shape index (κ1) is 27.8. The Morgan fingerprint density at radius 1 is 1.16 bits per heavy atom. The van der Waals surface area contributed by atoms with Gasteiger partial charge in [-0.2, -0.15) is 0 Å². The minimum Gasteiger partial charge on any atom is -0.465 e. The third-order valence-electron chi connectivity index (χ3n) is 7.30. The Bertz CT molecular complexity index is 739. The summed E-state index contributed by atoms with van der Waals surface area (Å²) in [6.07, 6.45) is -3.97. The Labute approximate surface area is 198 Å². The van der Waals surface area contributed by atoms with Gasteiger partial charge in [0.05, 0.1) is 6.61 Å². The van der Waals surface area contributed by atoms with E-state index < -0.39 is 52.6 Å². The fraction of sp³-hybridized carbons (Fsp3) is 0.905. The van der Waals surface area contributed by atoms with Crippen molar-refractivity contribution in [2.75, 3.05) is 13.7 Å². The van der Waals surface area contributed by atoms with Gasteiger partial charge in [-0.1, -0.05) is 53.3 Å². The number of aliphatic imine (C=N–C) groups is 1. The lowest BCUT2D eigenvalue weighted by Gasteiger charge is -2.47. The van der Waals surface area contributed by atoms with Gasteiger partial charge in [-0.05, 0) is 36.3 Å². The number of carboxylic acid groups (broad SMARTS) is 1. The molecule has 2 aliphatic rings. The monoisotopic (exact) mass is 508 g/mol. The van der Waals surface area contributed by atoms with Crippen molar-refractivity contribution in [3.05, 3.63) is 0 Å². The maximum atomic E-state index is 16.0. The van der Waals surface area contributed by atoms with Crippen LogP contribution in [-0.2, 0) is 13.6 Å². The summed E-state index contributed by atoms with van der Waals surface area (Å²) in [5.74, 6) is 0. The van der Waals surface area contributed by atoms with Gasteiger partial charge in [-0.15, -0.1) is 0 Å². The molecule has 11 heteroatoms. The minimum atomic E-state index is -2.31. The first-order valence-corrected chi connectivity index (χ1v) is 17.8. The van der Waals surface area contributed by atoms with Crippen LogP contribution >= 0.6 is 11.8 Å². The van der Waals surface area contributed by atoms with Crippen molar-refractivity contribution in [2.45, 2.75) is 108 Å². The van der Waals surface area contributed by atoms with Crippen molar-refractivity contribution in [3.63, 3.8) is 0 Å². The van der Waals surface area contributed by atoms with Crippen LogP contribution in [0.5, 0.6) is 0 Å². The van der Waals surface area contributed by atoms with Crippen LogP contribution in [0.4, 0.5) is 9.18 Å². The second-order valence-electron chi connectivity index (χ2n) is 11.8. The highest BCUT2D eigenvalue weighted by Crippen LogP contribution is 2.44. The van der Waals surface area contributed by atoms with Crippen molar-refractivity contribution >= 4 is 39.7 Å². The molecule has 5 atom stereocenters. The zero-order valence-corrected chi connectivity index (χ0v) is 24.2. The van der Waals surface area contributed by atoms with Gasteiger partial charge < -0.3 is 18.7 Å². The van der Waals surface area contributed by atoms with Gasteiger partial charge in [0.2, 0.25) is 0 Å². The first-order chi connectivity index (χ1) is 14.3. The number of amides is 1. The number of carbonyl (C=O) groups is 1. The highest BCUT2D eigenvalue weighted by Gasteiger charge is 2.54. The van der Waals surface area contributed by atoms with Gasteiger partial charge >= 0.3 is 6.09 Å². The number of fused-ring (bicyclic) bond motifs is 1. The number of nitrogens with zero attached hydrogens (tertiary/aromatic N) is 2. The SMILES string of the molecule is CN(C(=O)O)C1=N[C@@H]2[C@@H](F)[C@H](O[Si](C)(C)C(C)(C)C)[C@@H](CO[Si](C)(C)C(C)(C)C)O[C@@H]2S1. The lowest BCUT2D eigenvalue weighted by molar-refractivity contribution is -0.137. The number of halogens is 1. The van der Waals surface area contributed by atoms with Crippen LogP contribution in [0, 0.1) is 0 Å². The molecule has 0 aliphatic carbocycles. The van der Waals surface area contributed by atoms with Crippen LogP contribution in [0.1, 0.15) is 41.5 Å². The number of hydrogen-bond acceptors (Lipinski definition) is 6. The summed E-state index contributed by atoms with van der Waals surface area (Å²) in [4.78, 5) is 16.7. The van der Waals surface area contributed by atoms with E-state index in [-0.39, 0.29) is 21.9 Å². The van der Waals surface area contributed by atoms with Gasteiger partial charge in [0.1, 0.15) is 23.7 Å². The lowest BCUT2D eigenvalue weighted by atomic mass is 10.00. The Hall–Kier alpha value is -0.466. The second-order valence-corrected chi connectivity index (χ2v) is 22.4. The topological polar surface area (TPSA) is 80.6 Å². The molecule has 32 heavy (non-hydrogen) atoms. The Morgan fingerprint density at radius 3 is 2.16 bits per heavy atom. The molecule has 7 nitrogen and oxygen atoms in total. The third kappa shape index (κ3) is 5.77. The molecule has 0 aromatic carbocycles. The zero-order chi connectivity index (χ0) is 24.9. The Morgan fingerprint density at radius 2 is 1.69 bits per heavy atom. The van der Waals surface area contributed by atoms with Crippen LogP contribution in [0.2, 0.25) is 36.3 Å². The smallest absolute Gasteiger partial charge is 0.413 e. The molecular weight excluding hydrogens is 467 g/mol. The van der Waals surface area contributed by atoms with E-state index in [1.165, 1.54) is 7.05 Å². The van der Waals surface area contributed by atoms with Crippen molar-refractivity contribution in [1.82, 2.24) is 4.90 Å². The predicted molar refractivity (Wildman–Crippen MR) is 133 cm³/mol. The molecule has 2 rings (SSSR count). The molecule has 1 amide bonds. The van der Waals surface area contributed by atoms with E-state index in [4.69, 9.17) is 13.6 Å². The fourth-order valence-electron chi connectivity index (χ4n) is 2.92. The Balaban J connectivity index is 2.32. The number of hydrogen-bond donors (Lipinski definition) is 1. The van der Waals surface area contributed by atoms with Crippen LogP contribution in [0.15, 0.2) is 4.99 Å². The predicted octanol–water partition coefficient (Wildman–Crippen LogP) is 5.54. The second kappa shape index (κ2) is 9.29. The largest absolute Gasteiger partial charge is 0.465 e. The molecule has 1 N–H and O–H groups in total. The fourth-order valence-corrected chi connectivity index (χ4v) is 6.42. The molecule has 0 spiro atoms. The van der Waals surface area contributed by atoms with Crippen molar-refractivity contribution in [1.29, 1.82) is 0 Å². The van der Waals surface area contributed by atoms with Gasteiger partial charge in [-0.25, -0.2) is 9.18 Å². The summed E-state index contributed by atoms with van der Waals surface area (Å²) < 4.78 is 35.2. The third-order valence-corrected chi connectivity index (χ3v) is 17.5. The molecular formula is C21H41FN2O5SSi2. The minimum absolute atomic E-state index is 0.0116. The van der Waals surface area contributed by atoms with E-state index in [1.54, 1.807) is 0 Å². The van der Waals surface area contributed by atoms with Crippen molar-refractivity contribution < 1.29 is 27.9 Å². The normalized spacial score (nSPS) is 29.5. The van der Waals surface area contributed by atoms with Crippen molar-refractivity contribution in [3.8, 4) is 0 Å². The van der Waals surface area contributed by atoms with Gasteiger partial charge in [0.25, 0.3) is 0 Å². The van der Waals surface area contributed by atoms with Crippen molar-refractivity contribution in [2.24, 2.45) is 4.99 Å². The van der Waals surface area contributed by atoms with Crippen LogP contribution in [0.3, 0.4) is 0 Å². The highest BCUT2D eigenvalue weighted by atomic mass is 32.2. The molecule has 0 radical (unpaired) electrons. The number of rotatable bonds is 5. The molecule has 0 saturated carbocycles. The molecule has 186 valence electrons. The average Bonchev–Trinajstić information content (AvgIpc) is 3.04. The molecule has 1 fully saturated rings. The number of alkyl halides is 1. The maximum Gasteiger partial charge on any atom is 0.413 e. The molecule has 2 aliphatic heterocycles. The van der Waals surface area contributed by atoms with E-state index >= 15 is 4.39 Å². The maximum absolute atomic E-state index is 16.0. The van der Waals surface area contributed by atoms with E-state index in [9.17, 15) is 9.90 Å². The average molecular weight is 509 g/mol. The quantitative estimate of drug-likeness (QED) is 0.491. The number of ether oxygens (including phenoxy) is 1. The molecule has 0 aromatic heterocycles. The van der Waals surface area contributed by atoms with Gasteiger partial charge in [-0.3, -0.25) is 9.89 Å². The summed E-state index contributed by atoms with van der Waals surface area (Å²) in [7, 11) is -2.99. The number of thioether (sulfide) groups is 1. The van der Waals surface area contributed by atoms with Crippen LogP contribution in [-0.4, -0.2) is 81.4 Å². The highest BCUT2D eigenvalue weighted by molar-refractivity contribution is 8.14. The molecule has 0 bridgehead atoms. The van der Waals surface area contributed by atoms with E-state index in [0.29, 0.717) is 0 Å². The van der Waals surface area contributed by atoms with Crippen LogP contribution in [0.25, 0.3) is 0 Å².